The molecule has 0 aliphatic heterocycles. The fourth-order valence-corrected chi connectivity index (χ4v) is 2.35. The summed E-state index contributed by atoms with van der Waals surface area (Å²) in [5.41, 5.74) is 4.37. The molecular formula is C16H13F3N6O2. The van der Waals surface area contributed by atoms with Crippen LogP contribution in [0.15, 0.2) is 41.5 Å². The summed E-state index contributed by atoms with van der Waals surface area (Å²) in [5.74, 6) is -0.724. The van der Waals surface area contributed by atoms with Gasteiger partial charge >= 0.3 is 6.18 Å². The largest absolute Gasteiger partial charge is 0.445 e. The van der Waals surface area contributed by atoms with Gasteiger partial charge in [0.25, 0.3) is 5.91 Å². The molecule has 1 amide bonds. The van der Waals surface area contributed by atoms with Crippen molar-refractivity contribution in [3.8, 4) is 11.5 Å². The van der Waals surface area contributed by atoms with E-state index in [1.807, 2.05) is 0 Å². The van der Waals surface area contributed by atoms with Gasteiger partial charge in [0.2, 0.25) is 5.89 Å². The van der Waals surface area contributed by atoms with E-state index in [0.29, 0.717) is 0 Å². The minimum atomic E-state index is -4.73. The summed E-state index contributed by atoms with van der Waals surface area (Å²) in [5, 5.41) is 2.34. The van der Waals surface area contributed by atoms with Crippen molar-refractivity contribution in [2.75, 3.05) is 0 Å². The Kier molecular flexibility index (Phi) is 4.86. The van der Waals surface area contributed by atoms with E-state index < -0.39 is 23.9 Å². The van der Waals surface area contributed by atoms with Gasteiger partial charge in [-0.2, -0.15) is 13.2 Å². The van der Waals surface area contributed by atoms with Gasteiger partial charge in [-0.25, -0.2) is 15.0 Å². The highest BCUT2D eigenvalue weighted by molar-refractivity contribution is 5.92. The van der Waals surface area contributed by atoms with Crippen LogP contribution in [0.4, 0.5) is 13.2 Å². The Morgan fingerprint density at radius 3 is 2.63 bits per heavy atom. The number of amides is 1. The summed E-state index contributed by atoms with van der Waals surface area (Å²) < 4.78 is 45.2. The van der Waals surface area contributed by atoms with E-state index in [1.165, 1.54) is 44.0 Å². The lowest BCUT2D eigenvalue weighted by Crippen LogP contribution is -2.35. The third kappa shape index (κ3) is 3.92. The van der Waals surface area contributed by atoms with Gasteiger partial charge in [-0.1, -0.05) is 0 Å². The highest BCUT2D eigenvalue weighted by Gasteiger charge is 2.37. The molecule has 0 saturated heterocycles. The second-order valence-corrected chi connectivity index (χ2v) is 5.45. The summed E-state index contributed by atoms with van der Waals surface area (Å²) in [6, 6.07) is 1.29. The van der Waals surface area contributed by atoms with Crippen LogP contribution in [-0.2, 0) is 6.18 Å². The standard InChI is InChI=1S/C16H13F3N6O2/c1-8-9(15-23-4-5-27-15)6-10(24-12(8)16(17,18)19)13(20)25-14(26)11-7-21-2-3-22-11/h2-7,13H,20H2,1H3,(H,25,26). The summed E-state index contributed by atoms with van der Waals surface area (Å²) in [6.45, 7) is 1.25. The van der Waals surface area contributed by atoms with Gasteiger partial charge < -0.3 is 15.5 Å². The average Bonchev–Trinajstić information content (AvgIpc) is 3.16. The Balaban J connectivity index is 1.99. The Hall–Kier alpha value is -3.34. The molecule has 1 unspecified atom stereocenters. The Bertz CT molecular complexity index is 945. The quantitative estimate of drug-likeness (QED) is 0.668. The van der Waals surface area contributed by atoms with E-state index in [2.05, 4.69) is 25.3 Å². The first-order chi connectivity index (χ1) is 12.8. The molecule has 0 saturated carbocycles. The first-order valence-corrected chi connectivity index (χ1v) is 7.58. The minimum absolute atomic E-state index is 0.0193. The number of nitrogens with zero attached hydrogens (tertiary/aromatic N) is 4. The molecule has 0 fully saturated rings. The molecule has 0 radical (unpaired) electrons. The third-order valence-corrected chi connectivity index (χ3v) is 3.62. The number of rotatable bonds is 4. The molecule has 0 aliphatic carbocycles. The number of carbonyl (C=O) groups is 1. The van der Waals surface area contributed by atoms with E-state index in [-0.39, 0.29) is 28.4 Å². The van der Waals surface area contributed by atoms with E-state index in [4.69, 9.17) is 10.2 Å². The van der Waals surface area contributed by atoms with Crippen molar-refractivity contribution < 1.29 is 22.4 Å². The van der Waals surface area contributed by atoms with E-state index in [0.717, 1.165) is 0 Å². The molecular weight excluding hydrogens is 365 g/mol. The van der Waals surface area contributed by atoms with Crippen LogP contribution in [0.2, 0.25) is 0 Å². The van der Waals surface area contributed by atoms with Crippen molar-refractivity contribution in [1.82, 2.24) is 25.3 Å². The Labute approximate surface area is 150 Å². The van der Waals surface area contributed by atoms with Crippen LogP contribution in [0.3, 0.4) is 0 Å². The average molecular weight is 378 g/mol. The molecule has 8 nitrogen and oxygen atoms in total. The van der Waals surface area contributed by atoms with Gasteiger partial charge in [0, 0.05) is 18.0 Å². The number of aromatic nitrogens is 4. The molecule has 27 heavy (non-hydrogen) atoms. The van der Waals surface area contributed by atoms with Crippen LogP contribution in [0.5, 0.6) is 0 Å². The van der Waals surface area contributed by atoms with E-state index in [9.17, 15) is 18.0 Å². The van der Waals surface area contributed by atoms with Crippen molar-refractivity contribution in [3.63, 3.8) is 0 Å². The second kappa shape index (κ2) is 7.11. The van der Waals surface area contributed by atoms with Crippen LogP contribution in [0.1, 0.15) is 33.6 Å². The van der Waals surface area contributed by atoms with Crippen molar-refractivity contribution in [2.24, 2.45) is 5.73 Å². The zero-order valence-corrected chi connectivity index (χ0v) is 13.9. The molecule has 140 valence electrons. The van der Waals surface area contributed by atoms with Crippen molar-refractivity contribution in [2.45, 2.75) is 19.3 Å². The molecule has 11 heteroatoms. The summed E-state index contributed by atoms with van der Waals surface area (Å²) >= 11 is 0. The summed E-state index contributed by atoms with van der Waals surface area (Å²) in [7, 11) is 0. The Morgan fingerprint density at radius 2 is 2.04 bits per heavy atom. The predicted octanol–water partition coefficient (Wildman–Crippen LogP) is 2.24. The number of oxazole rings is 1. The number of hydrogen-bond acceptors (Lipinski definition) is 7. The Morgan fingerprint density at radius 1 is 1.26 bits per heavy atom. The fraction of sp³-hybridized carbons (Fsp3) is 0.188. The maximum atomic E-state index is 13.4. The molecule has 3 heterocycles. The summed E-state index contributed by atoms with van der Waals surface area (Å²) in [6.07, 6.45) is 0.356. The number of alkyl halides is 3. The smallest absolute Gasteiger partial charge is 0.433 e. The number of hydrogen-bond donors (Lipinski definition) is 2. The van der Waals surface area contributed by atoms with Gasteiger partial charge in [-0.05, 0) is 18.6 Å². The van der Waals surface area contributed by atoms with Crippen molar-refractivity contribution in [1.29, 1.82) is 0 Å². The molecule has 3 rings (SSSR count). The zero-order valence-electron chi connectivity index (χ0n) is 13.9. The predicted molar refractivity (Wildman–Crippen MR) is 85.9 cm³/mol. The topological polar surface area (TPSA) is 120 Å². The van der Waals surface area contributed by atoms with Crippen molar-refractivity contribution in [3.05, 3.63) is 59.8 Å². The lowest BCUT2D eigenvalue weighted by Gasteiger charge is -2.18. The highest BCUT2D eigenvalue weighted by atomic mass is 19.4. The second-order valence-electron chi connectivity index (χ2n) is 5.45. The lowest BCUT2D eigenvalue weighted by atomic mass is 10.0. The zero-order chi connectivity index (χ0) is 19.6. The van der Waals surface area contributed by atoms with Crippen LogP contribution in [0, 0.1) is 6.92 Å². The summed E-state index contributed by atoms with van der Waals surface area (Å²) in [4.78, 5) is 27.1. The molecule has 0 spiro atoms. The monoisotopic (exact) mass is 378 g/mol. The third-order valence-electron chi connectivity index (χ3n) is 3.62. The highest BCUT2D eigenvalue weighted by Crippen LogP contribution is 2.35. The van der Waals surface area contributed by atoms with Gasteiger partial charge in [-0.3, -0.25) is 9.78 Å². The van der Waals surface area contributed by atoms with Crippen LogP contribution in [0.25, 0.3) is 11.5 Å². The van der Waals surface area contributed by atoms with Gasteiger partial charge in [0.05, 0.1) is 18.1 Å². The molecule has 0 aromatic carbocycles. The minimum Gasteiger partial charge on any atom is -0.445 e. The van der Waals surface area contributed by atoms with Crippen LogP contribution >= 0.6 is 0 Å². The molecule has 3 aromatic rings. The molecule has 3 N–H and O–H groups in total. The lowest BCUT2D eigenvalue weighted by molar-refractivity contribution is -0.141. The number of nitrogens with two attached hydrogens (primary N) is 1. The number of carbonyl (C=O) groups excluding carboxylic acids is 1. The first kappa shape index (κ1) is 18.5. The molecule has 0 aliphatic rings. The van der Waals surface area contributed by atoms with Gasteiger partial charge in [0.15, 0.2) is 0 Å². The first-order valence-electron chi connectivity index (χ1n) is 7.58. The van der Waals surface area contributed by atoms with Gasteiger partial charge in [-0.15, -0.1) is 0 Å². The number of halogens is 3. The van der Waals surface area contributed by atoms with E-state index in [1.54, 1.807) is 0 Å². The maximum Gasteiger partial charge on any atom is 0.433 e. The fourth-order valence-electron chi connectivity index (χ4n) is 2.35. The number of pyridine rings is 1. The van der Waals surface area contributed by atoms with Crippen LogP contribution < -0.4 is 11.1 Å². The molecule has 3 aromatic heterocycles. The maximum absolute atomic E-state index is 13.4. The number of nitrogens with one attached hydrogen (secondary N) is 1. The normalized spacial score (nSPS) is 12.6. The molecule has 0 bridgehead atoms. The van der Waals surface area contributed by atoms with E-state index >= 15 is 0 Å². The van der Waals surface area contributed by atoms with Crippen molar-refractivity contribution >= 4 is 5.91 Å². The molecule has 1 atom stereocenters. The van der Waals surface area contributed by atoms with Gasteiger partial charge in [0.1, 0.15) is 23.8 Å². The SMILES string of the molecule is Cc1c(-c2ncco2)cc(C(N)NC(=O)c2cnccn2)nc1C(F)(F)F. The van der Waals surface area contributed by atoms with Crippen LogP contribution in [-0.4, -0.2) is 25.8 Å².